The Kier molecular flexibility index (Phi) is 9.23. The third-order valence-electron chi connectivity index (χ3n) is 6.35. The predicted octanol–water partition coefficient (Wildman–Crippen LogP) is 2.99. The molecular formula is C24H32O8. The summed E-state index contributed by atoms with van der Waals surface area (Å²) in [7, 11) is 4.48. The van der Waals surface area contributed by atoms with E-state index in [-0.39, 0.29) is 0 Å². The summed E-state index contributed by atoms with van der Waals surface area (Å²) in [5.41, 5.74) is 1.57. The van der Waals surface area contributed by atoms with Crippen LogP contribution in [0.25, 0.3) is 0 Å². The van der Waals surface area contributed by atoms with Gasteiger partial charge in [0.05, 0.1) is 28.4 Å². The maximum absolute atomic E-state index is 12.6. The van der Waals surface area contributed by atoms with Crippen molar-refractivity contribution in [2.45, 2.75) is 44.4 Å². The molecule has 8 nitrogen and oxygen atoms in total. The summed E-state index contributed by atoms with van der Waals surface area (Å²) in [4.78, 5) is 50.3. The highest BCUT2D eigenvalue weighted by Crippen LogP contribution is 2.39. The number of benzene rings is 1. The van der Waals surface area contributed by atoms with E-state index in [4.69, 9.17) is 18.9 Å². The van der Waals surface area contributed by atoms with Gasteiger partial charge in [-0.1, -0.05) is 44.0 Å². The maximum atomic E-state index is 12.6. The highest BCUT2D eigenvalue weighted by molar-refractivity contribution is 6.01. The van der Waals surface area contributed by atoms with E-state index < -0.39 is 41.6 Å². The van der Waals surface area contributed by atoms with Gasteiger partial charge in [-0.25, -0.2) is 0 Å². The molecule has 32 heavy (non-hydrogen) atoms. The molecule has 0 radical (unpaired) electrons. The minimum absolute atomic E-state index is 0.424. The Labute approximate surface area is 188 Å². The minimum atomic E-state index is -1.56. The molecular weight excluding hydrogens is 416 g/mol. The molecule has 1 saturated carbocycles. The first-order valence-corrected chi connectivity index (χ1v) is 10.7. The van der Waals surface area contributed by atoms with Gasteiger partial charge in [0.2, 0.25) is 0 Å². The first-order chi connectivity index (χ1) is 15.3. The van der Waals surface area contributed by atoms with Gasteiger partial charge in [-0.3, -0.25) is 19.2 Å². The van der Waals surface area contributed by atoms with Crippen molar-refractivity contribution in [3.05, 3.63) is 35.4 Å². The first-order valence-electron chi connectivity index (χ1n) is 10.7. The standard InChI is InChI=1S/C24H32O8/c1-14-6-8-15(9-7-14)16-10-12-17(13-11-16)18(19(21(25)29-2)22(26)30-3)20(23(27)31-4)24(28)32-5/h10-15,18-20H,6-9H2,1-5H3. The van der Waals surface area contributed by atoms with E-state index in [9.17, 15) is 19.2 Å². The van der Waals surface area contributed by atoms with Crippen molar-refractivity contribution in [3.63, 3.8) is 0 Å². The molecule has 0 spiro atoms. The zero-order valence-corrected chi connectivity index (χ0v) is 19.3. The molecule has 1 aromatic rings. The average molecular weight is 449 g/mol. The number of methoxy groups -OCH3 is 4. The van der Waals surface area contributed by atoms with Gasteiger partial charge < -0.3 is 18.9 Å². The van der Waals surface area contributed by atoms with Crippen molar-refractivity contribution in [1.29, 1.82) is 0 Å². The number of carbonyl (C=O) groups is 4. The summed E-state index contributed by atoms with van der Waals surface area (Å²) in [6.45, 7) is 2.25. The summed E-state index contributed by atoms with van der Waals surface area (Å²) in [5, 5.41) is 0. The Balaban J connectivity index is 2.53. The van der Waals surface area contributed by atoms with Gasteiger partial charge in [0.15, 0.2) is 11.8 Å². The van der Waals surface area contributed by atoms with Crippen LogP contribution in [-0.4, -0.2) is 52.3 Å². The van der Waals surface area contributed by atoms with Crippen molar-refractivity contribution in [2.24, 2.45) is 17.8 Å². The van der Waals surface area contributed by atoms with Crippen LogP contribution in [0, 0.1) is 17.8 Å². The van der Waals surface area contributed by atoms with Crippen LogP contribution in [0.2, 0.25) is 0 Å². The van der Waals surface area contributed by atoms with Crippen LogP contribution in [0.1, 0.15) is 55.6 Å². The maximum Gasteiger partial charge on any atom is 0.320 e. The van der Waals surface area contributed by atoms with E-state index in [1.807, 2.05) is 12.1 Å². The third kappa shape index (κ3) is 5.66. The number of rotatable bonds is 8. The summed E-state index contributed by atoms with van der Waals surface area (Å²) in [6, 6.07) is 7.30. The molecule has 0 unspecified atom stereocenters. The fraction of sp³-hybridized carbons (Fsp3) is 0.583. The summed E-state index contributed by atoms with van der Waals surface area (Å²) >= 11 is 0. The molecule has 8 heteroatoms. The zero-order chi connectivity index (χ0) is 23.8. The van der Waals surface area contributed by atoms with E-state index in [0.29, 0.717) is 11.5 Å². The van der Waals surface area contributed by atoms with Crippen LogP contribution >= 0.6 is 0 Å². The van der Waals surface area contributed by atoms with Gasteiger partial charge in [0.1, 0.15) is 0 Å². The molecule has 0 heterocycles. The molecule has 0 aliphatic heterocycles. The van der Waals surface area contributed by atoms with Crippen LogP contribution in [0.3, 0.4) is 0 Å². The van der Waals surface area contributed by atoms with Gasteiger partial charge in [-0.2, -0.15) is 0 Å². The molecule has 0 saturated heterocycles. The molecule has 0 N–H and O–H groups in total. The molecule has 2 rings (SSSR count). The normalized spacial score (nSPS) is 18.4. The van der Waals surface area contributed by atoms with Crippen molar-refractivity contribution in [1.82, 2.24) is 0 Å². The SMILES string of the molecule is COC(=O)C(C(=O)OC)C(c1ccc(C2CCC(C)CC2)cc1)C(C(=O)OC)C(=O)OC. The Morgan fingerprint density at radius 1 is 0.688 bits per heavy atom. The van der Waals surface area contributed by atoms with Crippen molar-refractivity contribution < 1.29 is 38.1 Å². The minimum Gasteiger partial charge on any atom is -0.468 e. The topological polar surface area (TPSA) is 105 Å². The third-order valence-corrected chi connectivity index (χ3v) is 6.35. The van der Waals surface area contributed by atoms with Gasteiger partial charge in [0.25, 0.3) is 0 Å². The van der Waals surface area contributed by atoms with Crippen molar-refractivity contribution in [2.75, 3.05) is 28.4 Å². The average Bonchev–Trinajstić information content (AvgIpc) is 2.83. The Hall–Kier alpha value is -2.90. The molecule has 1 aromatic carbocycles. The largest absolute Gasteiger partial charge is 0.468 e. The van der Waals surface area contributed by atoms with Crippen LogP contribution < -0.4 is 0 Å². The molecule has 1 fully saturated rings. The Bertz CT molecular complexity index is 740. The van der Waals surface area contributed by atoms with Crippen LogP contribution in [0.4, 0.5) is 0 Å². The number of ether oxygens (including phenoxy) is 4. The first kappa shape index (κ1) is 25.4. The summed E-state index contributed by atoms with van der Waals surface area (Å²) < 4.78 is 19.2. The van der Waals surface area contributed by atoms with Gasteiger partial charge in [-0.15, -0.1) is 0 Å². The molecule has 0 atom stereocenters. The predicted molar refractivity (Wildman–Crippen MR) is 115 cm³/mol. The lowest BCUT2D eigenvalue weighted by molar-refractivity contribution is -0.166. The van der Waals surface area contributed by atoms with E-state index in [1.165, 1.54) is 0 Å². The number of carbonyl (C=O) groups excluding carboxylic acids is 4. The second kappa shape index (κ2) is 11.6. The highest BCUT2D eigenvalue weighted by atomic mass is 16.6. The number of hydrogen-bond acceptors (Lipinski definition) is 8. The van der Waals surface area contributed by atoms with Crippen molar-refractivity contribution >= 4 is 23.9 Å². The van der Waals surface area contributed by atoms with Gasteiger partial charge in [-0.05, 0) is 35.8 Å². The van der Waals surface area contributed by atoms with Crippen LogP contribution in [0.5, 0.6) is 0 Å². The van der Waals surface area contributed by atoms with E-state index >= 15 is 0 Å². The smallest absolute Gasteiger partial charge is 0.320 e. The molecule has 0 aromatic heterocycles. The van der Waals surface area contributed by atoms with Crippen molar-refractivity contribution in [3.8, 4) is 0 Å². The van der Waals surface area contributed by atoms with Crippen LogP contribution in [0.15, 0.2) is 24.3 Å². The molecule has 0 bridgehead atoms. The molecule has 176 valence electrons. The van der Waals surface area contributed by atoms with Gasteiger partial charge in [0, 0.05) is 5.92 Å². The van der Waals surface area contributed by atoms with Crippen LogP contribution in [-0.2, 0) is 38.1 Å². The lowest BCUT2D eigenvalue weighted by Crippen LogP contribution is -2.42. The quantitative estimate of drug-likeness (QED) is 0.340. The number of hydrogen-bond donors (Lipinski definition) is 0. The van der Waals surface area contributed by atoms with E-state index in [2.05, 4.69) is 6.92 Å². The Morgan fingerprint density at radius 2 is 1.06 bits per heavy atom. The van der Waals surface area contributed by atoms with E-state index in [1.54, 1.807) is 12.1 Å². The fourth-order valence-electron chi connectivity index (χ4n) is 4.45. The second-order valence-corrected chi connectivity index (χ2v) is 8.20. The molecule has 1 aliphatic rings. The summed E-state index contributed by atoms with van der Waals surface area (Å²) in [6.07, 6.45) is 4.50. The monoisotopic (exact) mass is 448 g/mol. The van der Waals surface area contributed by atoms with E-state index in [0.717, 1.165) is 65.6 Å². The molecule has 1 aliphatic carbocycles. The lowest BCUT2D eigenvalue weighted by Gasteiger charge is -2.29. The summed E-state index contributed by atoms with van der Waals surface area (Å²) in [5.74, 6) is -6.91. The van der Waals surface area contributed by atoms with Gasteiger partial charge >= 0.3 is 23.9 Å². The number of esters is 4. The second-order valence-electron chi connectivity index (χ2n) is 8.20. The zero-order valence-electron chi connectivity index (χ0n) is 19.3. The fourth-order valence-corrected chi connectivity index (χ4v) is 4.45. The molecule has 0 amide bonds. The lowest BCUT2D eigenvalue weighted by atomic mass is 9.75. The Morgan fingerprint density at radius 3 is 1.41 bits per heavy atom. The highest BCUT2D eigenvalue weighted by Gasteiger charge is 2.49.